The summed E-state index contributed by atoms with van der Waals surface area (Å²) in [5, 5.41) is 8.92. The fraction of sp³-hybridized carbons (Fsp3) is 0.692. The Morgan fingerprint density at radius 1 is 0.524 bits per heavy atom. The first-order valence-electron chi connectivity index (χ1n) is 24.6. The number of unbranched alkanes of at least 4 members (excludes halogenated alkanes) is 18. The van der Waals surface area contributed by atoms with E-state index < -0.39 is 45.1 Å². The van der Waals surface area contributed by atoms with Crippen LogP contribution in [0, 0.1) is 0 Å². The SMILES string of the molecule is CC/C=C\C/C=C\C/C=C\C/C=C\C/C=C\C/C=C\C/C=C\CCCCOCC(COP(=O)(O)OCC(N)C(=O)O)OC(=O)CCCCCCCCCCCCCCCCCCC. The summed E-state index contributed by atoms with van der Waals surface area (Å²) in [6.07, 6.45) is 60.7. The van der Waals surface area contributed by atoms with Crippen LogP contribution in [0.3, 0.4) is 0 Å². The van der Waals surface area contributed by atoms with Crippen molar-refractivity contribution in [3.05, 3.63) is 85.1 Å². The maximum atomic E-state index is 12.7. The van der Waals surface area contributed by atoms with Gasteiger partial charge >= 0.3 is 19.8 Å². The highest BCUT2D eigenvalue weighted by atomic mass is 31.2. The van der Waals surface area contributed by atoms with Gasteiger partial charge in [0.25, 0.3) is 0 Å². The van der Waals surface area contributed by atoms with Crippen LogP contribution >= 0.6 is 7.82 Å². The fourth-order valence-electron chi connectivity index (χ4n) is 6.41. The second kappa shape index (κ2) is 47.1. The fourth-order valence-corrected chi connectivity index (χ4v) is 7.19. The average molecular weight is 904 g/mol. The van der Waals surface area contributed by atoms with Gasteiger partial charge in [-0.2, -0.15) is 0 Å². The molecule has 0 aliphatic carbocycles. The van der Waals surface area contributed by atoms with Crippen LogP contribution in [0.25, 0.3) is 0 Å². The van der Waals surface area contributed by atoms with Crippen molar-refractivity contribution in [3.63, 3.8) is 0 Å². The van der Waals surface area contributed by atoms with Crippen LogP contribution in [-0.4, -0.2) is 60.5 Å². The Hall–Kier alpha value is -2.85. The highest BCUT2D eigenvalue weighted by Crippen LogP contribution is 2.43. The predicted octanol–water partition coefficient (Wildman–Crippen LogP) is 14.3. The molecule has 0 rings (SSSR count). The molecule has 0 amide bonds. The number of nitrogens with two attached hydrogens (primary N) is 1. The van der Waals surface area contributed by atoms with Crippen molar-refractivity contribution in [3.8, 4) is 0 Å². The summed E-state index contributed by atoms with van der Waals surface area (Å²) in [5.41, 5.74) is 5.37. The van der Waals surface area contributed by atoms with Crippen LogP contribution < -0.4 is 5.73 Å². The minimum absolute atomic E-state index is 0.0159. The number of hydrogen-bond donors (Lipinski definition) is 3. The third-order valence-electron chi connectivity index (χ3n) is 10.2. The molecule has 10 nitrogen and oxygen atoms in total. The molecule has 3 unspecified atom stereocenters. The summed E-state index contributed by atoms with van der Waals surface area (Å²) in [6.45, 7) is 3.66. The van der Waals surface area contributed by atoms with E-state index in [2.05, 4.69) is 98.9 Å². The number of allylic oxidation sites excluding steroid dienone is 14. The van der Waals surface area contributed by atoms with E-state index in [9.17, 15) is 19.0 Å². The monoisotopic (exact) mass is 904 g/mol. The zero-order chi connectivity index (χ0) is 46.2. The third-order valence-corrected chi connectivity index (χ3v) is 11.1. The summed E-state index contributed by atoms with van der Waals surface area (Å²) in [7, 11) is -4.64. The Morgan fingerprint density at radius 3 is 1.35 bits per heavy atom. The normalized spacial score (nSPS) is 14.5. The lowest BCUT2D eigenvalue weighted by Crippen LogP contribution is -2.34. The van der Waals surface area contributed by atoms with Gasteiger partial charge in [-0.3, -0.25) is 18.6 Å². The number of esters is 1. The minimum atomic E-state index is -4.64. The highest BCUT2D eigenvalue weighted by Gasteiger charge is 2.27. The Morgan fingerprint density at radius 2 is 0.921 bits per heavy atom. The van der Waals surface area contributed by atoms with Crippen LogP contribution in [0.4, 0.5) is 0 Å². The molecule has 0 fully saturated rings. The summed E-state index contributed by atoms with van der Waals surface area (Å²) in [6, 6.07) is -1.48. The molecule has 0 heterocycles. The molecule has 11 heteroatoms. The van der Waals surface area contributed by atoms with Gasteiger partial charge in [0.05, 0.1) is 19.8 Å². The topological polar surface area (TPSA) is 155 Å². The zero-order valence-electron chi connectivity index (χ0n) is 39.6. The van der Waals surface area contributed by atoms with Gasteiger partial charge in [-0.1, -0.05) is 202 Å². The second-order valence-corrected chi connectivity index (χ2v) is 17.7. The molecule has 3 atom stereocenters. The van der Waals surface area contributed by atoms with E-state index in [1.807, 2.05) is 0 Å². The van der Waals surface area contributed by atoms with Gasteiger partial charge in [0.15, 0.2) is 0 Å². The smallest absolute Gasteiger partial charge is 0.472 e. The lowest BCUT2D eigenvalue weighted by Gasteiger charge is -2.20. The van der Waals surface area contributed by atoms with Crippen molar-refractivity contribution in [2.45, 2.75) is 206 Å². The largest absolute Gasteiger partial charge is 0.480 e. The maximum absolute atomic E-state index is 12.7. The molecule has 0 spiro atoms. The van der Waals surface area contributed by atoms with Crippen molar-refractivity contribution in [1.29, 1.82) is 0 Å². The number of carboxylic acids is 1. The Labute approximate surface area is 384 Å². The molecule has 63 heavy (non-hydrogen) atoms. The van der Waals surface area contributed by atoms with Crippen LogP contribution in [0.2, 0.25) is 0 Å². The van der Waals surface area contributed by atoms with Crippen LogP contribution in [0.5, 0.6) is 0 Å². The number of ether oxygens (including phenoxy) is 2. The quantitative estimate of drug-likeness (QED) is 0.0233. The Balaban J connectivity index is 4.27. The Bertz CT molecular complexity index is 1320. The minimum Gasteiger partial charge on any atom is -0.480 e. The molecule has 0 aromatic heterocycles. The first-order valence-corrected chi connectivity index (χ1v) is 26.1. The van der Waals surface area contributed by atoms with Crippen LogP contribution in [0.1, 0.15) is 194 Å². The summed E-state index contributed by atoms with van der Waals surface area (Å²) < 4.78 is 33.4. The number of carboxylic acid groups (broad SMARTS) is 1. The number of rotatable bonds is 46. The molecule has 0 aromatic carbocycles. The molecule has 0 aliphatic heterocycles. The zero-order valence-corrected chi connectivity index (χ0v) is 40.5. The molecule has 0 aromatic rings. The third kappa shape index (κ3) is 46.9. The first-order chi connectivity index (χ1) is 30.7. The number of carbonyl (C=O) groups excluding carboxylic acids is 1. The molecule has 0 bridgehead atoms. The van der Waals surface area contributed by atoms with E-state index >= 15 is 0 Å². The number of phosphoric acid groups is 1. The molecular weight excluding hydrogens is 814 g/mol. The van der Waals surface area contributed by atoms with Crippen molar-refractivity contribution >= 4 is 19.8 Å². The van der Waals surface area contributed by atoms with Crippen LogP contribution in [0.15, 0.2) is 85.1 Å². The molecule has 0 saturated heterocycles. The van der Waals surface area contributed by atoms with Gasteiger partial charge in [0, 0.05) is 13.0 Å². The van der Waals surface area contributed by atoms with E-state index in [1.54, 1.807) is 0 Å². The molecule has 4 N–H and O–H groups in total. The van der Waals surface area contributed by atoms with Crippen molar-refractivity contribution in [1.82, 2.24) is 0 Å². The summed E-state index contributed by atoms with van der Waals surface area (Å²) >= 11 is 0. The number of aliphatic carboxylic acids is 1. The van der Waals surface area contributed by atoms with Gasteiger partial charge in [0.1, 0.15) is 12.1 Å². The van der Waals surface area contributed by atoms with Gasteiger partial charge in [-0.05, 0) is 70.6 Å². The second-order valence-electron chi connectivity index (χ2n) is 16.2. The first kappa shape index (κ1) is 60.2. The average Bonchev–Trinajstić information content (AvgIpc) is 3.26. The van der Waals surface area contributed by atoms with Gasteiger partial charge < -0.3 is 25.2 Å². The van der Waals surface area contributed by atoms with E-state index in [0.717, 1.165) is 83.5 Å². The van der Waals surface area contributed by atoms with E-state index in [1.165, 1.54) is 83.5 Å². The Kier molecular flexibility index (Phi) is 45.0. The van der Waals surface area contributed by atoms with Crippen molar-refractivity contribution < 1.29 is 42.7 Å². The predicted molar refractivity (Wildman–Crippen MR) is 263 cm³/mol. The number of carbonyl (C=O) groups is 2. The van der Waals surface area contributed by atoms with Crippen molar-refractivity contribution in [2.75, 3.05) is 26.4 Å². The van der Waals surface area contributed by atoms with Crippen LogP contribution in [-0.2, 0) is 32.7 Å². The van der Waals surface area contributed by atoms with Gasteiger partial charge in [0.2, 0.25) is 0 Å². The van der Waals surface area contributed by atoms with E-state index in [4.69, 9.17) is 29.4 Å². The van der Waals surface area contributed by atoms with Gasteiger partial charge in [-0.15, -0.1) is 0 Å². The number of phosphoric ester groups is 1. The number of hydrogen-bond acceptors (Lipinski definition) is 8. The standard InChI is InChI=1S/C52H90NO9P/c1-3-5-7-9-11-13-15-17-19-21-22-23-24-25-26-27-29-31-33-35-37-39-41-43-45-59-46-49(47-60-63(57,58)61-48-50(53)52(55)56)62-51(54)44-42-40-38-36-34-32-30-28-20-18-16-14-12-10-8-6-4-2/h5,7,11,13,17,19,22-23,25-26,29,31,35,37,49-50H,3-4,6,8-10,12,14-16,18,20-21,24,27-28,30,32-34,36,38-48,53H2,1-2H3,(H,55,56)(H,57,58)/b7-5-,13-11-,19-17-,23-22-,26-25-,31-29-,37-35-. The molecule has 362 valence electrons. The van der Waals surface area contributed by atoms with Crippen molar-refractivity contribution in [2.24, 2.45) is 5.73 Å². The van der Waals surface area contributed by atoms with E-state index in [-0.39, 0.29) is 13.0 Å². The molecule has 0 aliphatic rings. The maximum Gasteiger partial charge on any atom is 0.472 e. The lowest BCUT2D eigenvalue weighted by atomic mass is 10.0. The van der Waals surface area contributed by atoms with E-state index in [0.29, 0.717) is 13.0 Å². The molecule has 0 saturated carbocycles. The highest BCUT2D eigenvalue weighted by molar-refractivity contribution is 7.47. The van der Waals surface area contributed by atoms with Gasteiger partial charge in [-0.25, -0.2) is 4.57 Å². The summed E-state index contributed by atoms with van der Waals surface area (Å²) in [5.74, 6) is -1.80. The summed E-state index contributed by atoms with van der Waals surface area (Å²) in [4.78, 5) is 33.6. The molecule has 0 radical (unpaired) electrons. The molecular formula is C52H90NO9P. The lowest BCUT2D eigenvalue weighted by molar-refractivity contribution is -0.154.